The van der Waals surface area contributed by atoms with E-state index in [0.29, 0.717) is 23.1 Å². The Morgan fingerprint density at radius 2 is 1.84 bits per heavy atom. The molecule has 1 aromatic heterocycles. The van der Waals surface area contributed by atoms with Crippen molar-refractivity contribution in [2.24, 2.45) is 5.92 Å². The molecular formula is C23H21FN4O2S. The second-order valence-corrected chi connectivity index (χ2v) is 8.94. The molecule has 6 nitrogen and oxygen atoms in total. The minimum atomic E-state index is -0.484. The van der Waals surface area contributed by atoms with E-state index in [1.54, 1.807) is 17.0 Å². The van der Waals surface area contributed by atoms with E-state index in [-0.39, 0.29) is 29.5 Å². The van der Waals surface area contributed by atoms with Crippen LogP contribution in [0.1, 0.15) is 30.7 Å². The van der Waals surface area contributed by atoms with Crippen LogP contribution in [0.2, 0.25) is 0 Å². The van der Waals surface area contributed by atoms with Crippen molar-refractivity contribution in [3.63, 3.8) is 0 Å². The number of hydrogen-bond donors (Lipinski definition) is 1. The van der Waals surface area contributed by atoms with Crippen LogP contribution in [0.3, 0.4) is 0 Å². The highest BCUT2D eigenvalue weighted by molar-refractivity contribution is 7.18. The second kappa shape index (κ2) is 8.19. The molecule has 31 heavy (non-hydrogen) atoms. The predicted molar refractivity (Wildman–Crippen MR) is 116 cm³/mol. The molecule has 1 saturated carbocycles. The quantitative estimate of drug-likeness (QED) is 0.654. The fraction of sp³-hybridized carbons (Fsp3) is 0.304. The van der Waals surface area contributed by atoms with Gasteiger partial charge in [-0.25, -0.2) is 4.39 Å². The van der Waals surface area contributed by atoms with E-state index < -0.39 is 6.04 Å². The van der Waals surface area contributed by atoms with Crippen molar-refractivity contribution >= 4 is 28.3 Å². The third-order valence-corrected chi connectivity index (χ3v) is 6.81. The number of hydrogen-bond acceptors (Lipinski definition) is 5. The second-order valence-electron chi connectivity index (χ2n) is 7.96. The van der Waals surface area contributed by atoms with Gasteiger partial charge in [-0.05, 0) is 55.0 Å². The summed E-state index contributed by atoms with van der Waals surface area (Å²) < 4.78 is 13.1. The number of aromatic nitrogens is 2. The highest BCUT2D eigenvalue weighted by atomic mass is 32.1. The van der Waals surface area contributed by atoms with E-state index in [4.69, 9.17) is 0 Å². The van der Waals surface area contributed by atoms with Crippen molar-refractivity contribution in [3.8, 4) is 10.6 Å². The number of amides is 2. The average molecular weight is 437 g/mol. The van der Waals surface area contributed by atoms with Gasteiger partial charge in [0.05, 0.1) is 0 Å². The smallest absolute Gasteiger partial charge is 0.249 e. The number of anilines is 1. The summed E-state index contributed by atoms with van der Waals surface area (Å²) in [7, 11) is 0. The van der Waals surface area contributed by atoms with Crippen molar-refractivity contribution in [1.82, 2.24) is 15.1 Å². The molecule has 3 aromatic rings. The molecule has 3 atom stereocenters. The summed E-state index contributed by atoms with van der Waals surface area (Å²) in [4.78, 5) is 27.7. The van der Waals surface area contributed by atoms with E-state index >= 15 is 0 Å². The van der Waals surface area contributed by atoms with Gasteiger partial charge in [0, 0.05) is 18.0 Å². The zero-order chi connectivity index (χ0) is 21.4. The molecule has 8 heteroatoms. The molecule has 1 aliphatic heterocycles. The molecule has 1 aliphatic carbocycles. The molecule has 2 aromatic carbocycles. The highest BCUT2D eigenvalue weighted by Gasteiger charge is 2.48. The molecule has 158 valence electrons. The van der Waals surface area contributed by atoms with Crippen molar-refractivity contribution < 1.29 is 14.0 Å². The Balaban J connectivity index is 1.23. The molecule has 2 aliphatic rings. The lowest BCUT2D eigenvalue weighted by Crippen LogP contribution is -2.44. The Bertz CT molecular complexity index is 1100. The summed E-state index contributed by atoms with van der Waals surface area (Å²) in [6.07, 6.45) is 2.29. The molecule has 0 bridgehead atoms. The Morgan fingerprint density at radius 1 is 1.06 bits per heavy atom. The van der Waals surface area contributed by atoms with Gasteiger partial charge in [0.2, 0.25) is 16.9 Å². The van der Waals surface area contributed by atoms with E-state index in [9.17, 15) is 14.0 Å². The van der Waals surface area contributed by atoms with Gasteiger partial charge in [0.25, 0.3) is 0 Å². The molecule has 2 fully saturated rings. The van der Waals surface area contributed by atoms with Crippen LogP contribution < -0.4 is 5.32 Å². The maximum absolute atomic E-state index is 13.1. The Labute approximate surface area is 183 Å². The summed E-state index contributed by atoms with van der Waals surface area (Å²) in [6.45, 7) is 0.603. The molecule has 1 N–H and O–H groups in total. The van der Waals surface area contributed by atoms with Gasteiger partial charge in [-0.1, -0.05) is 41.7 Å². The SMILES string of the molecule is O=C(Nc1nnc(-c2ccc(F)cc2)s1)C1CCCN1C(=O)C1CC1c1ccccc1. The summed E-state index contributed by atoms with van der Waals surface area (Å²) in [5, 5.41) is 11.9. The fourth-order valence-electron chi connectivity index (χ4n) is 4.22. The summed E-state index contributed by atoms with van der Waals surface area (Å²) in [5.41, 5.74) is 1.92. The molecule has 2 heterocycles. The van der Waals surface area contributed by atoms with Crippen molar-refractivity contribution in [3.05, 3.63) is 66.0 Å². The monoisotopic (exact) mass is 436 g/mol. The number of rotatable bonds is 5. The first kappa shape index (κ1) is 19.8. The molecule has 0 spiro atoms. The maximum Gasteiger partial charge on any atom is 0.249 e. The molecule has 5 rings (SSSR count). The van der Waals surface area contributed by atoms with Crippen LogP contribution >= 0.6 is 11.3 Å². The minimum absolute atomic E-state index is 0.0394. The highest BCUT2D eigenvalue weighted by Crippen LogP contribution is 2.49. The molecular weight excluding hydrogens is 415 g/mol. The summed E-state index contributed by atoms with van der Waals surface area (Å²) in [5.74, 6) is -0.278. The lowest BCUT2D eigenvalue weighted by atomic mass is 10.1. The van der Waals surface area contributed by atoms with Crippen molar-refractivity contribution in [2.75, 3.05) is 11.9 Å². The topological polar surface area (TPSA) is 75.2 Å². The van der Waals surface area contributed by atoms with Crippen LogP contribution in [-0.4, -0.2) is 39.5 Å². The summed E-state index contributed by atoms with van der Waals surface area (Å²) in [6, 6.07) is 15.5. The van der Waals surface area contributed by atoms with E-state index in [1.807, 2.05) is 18.2 Å². The third-order valence-electron chi connectivity index (χ3n) is 5.92. The van der Waals surface area contributed by atoms with Crippen LogP contribution in [0, 0.1) is 11.7 Å². The molecule has 1 saturated heterocycles. The number of nitrogens with zero attached hydrogens (tertiary/aromatic N) is 3. The predicted octanol–water partition coefficient (Wildman–Crippen LogP) is 4.08. The number of halogens is 1. The minimum Gasteiger partial charge on any atom is -0.330 e. The zero-order valence-electron chi connectivity index (χ0n) is 16.7. The number of carbonyl (C=O) groups excluding carboxylic acids is 2. The van der Waals surface area contributed by atoms with Gasteiger partial charge in [0.1, 0.15) is 16.9 Å². The molecule has 0 radical (unpaired) electrons. The fourth-order valence-corrected chi connectivity index (χ4v) is 4.98. The van der Waals surface area contributed by atoms with Crippen LogP contribution in [-0.2, 0) is 9.59 Å². The van der Waals surface area contributed by atoms with Gasteiger partial charge in [0.15, 0.2) is 0 Å². The van der Waals surface area contributed by atoms with Gasteiger partial charge >= 0.3 is 0 Å². The van der Waals surface area contributed by atoms with Gasteiger partial charge in [-0.3, -0.25) is 14.9 Å². The van der Waals surface area contributed by atoms with E-state index in [1.165, 1.54) is 29.0 Å². The largest absolute Gasteiger partial charge is 0.330 e. The van der Waals surface area contributed by atoms with Crippen LogP contribution in [0.15, 0.2) is 54.6 Å². The van der Waals surface area contributed by atoms with Gasteiger partial charge < -0.3 is 4.90 Å². The first-order chi connectivity index (χ1) is 15.1. The Hall–Kier alpha value is -3.13. The lowest BCUT2D eigenvalue weighted by Gasteiger charge is -2.23. The molecule has 3 unspecified atom stereocenters. The Kier molecular flexibility index (Phi) is 5.23. The third kappa shape index (κ3) is 4.07. The number of nitrogens with one attached hydrogen (secondary N) is 1. The number of benzene rings is 2. The lowest BCUT2D eigenvalue weighted by molar-refractivity contribution is -0.137. The zero-order valence-corrected chi connectivity index (χ0v) is 17.5. The van der Waals surface area contributed by atoms with Crippen LogP contribution in [0.4, 0.5) is 9.52 Å². The normalized spacial score (nSPS) is 22.4. The first-order valence-electron chi connectivity index (χ1n) is 10.4. The van der Waals surface area contributed by atoms with Crippen molar-refractivity contribution in [2.45, 2.75) is 31.2 Å². The van der Waals surface area contributed by atoms with Crippen molar-refractivity contribution in [1.29, 1.82) is 0 Å². The van der Waals surface area contributed by atoms with Crippen LogP contribution in [0.25, 0.3) is 10.6 Å². The van der Waals surface area contributed by atoms with Gasteiger partial charge in [-0.2, -0.15) is 0 Å². The van der Waals surface area contributed by atoms with E-state index in [0.717, 1.165) is 18.4 Å². The maximum atomic E-state index is 13.1. The van der Waals surface area contributed by atoms with E-state index in [2.05, 4.69) is 27.6 Å². The molecule has 2 amide bonds. The summed E-state index contributed by atoms with van der Waals surface area (Å²) >= 11 is 1.22. The Morgan fingerprint density at radius 3 is 2.61 bits per heavy atom. The average Bonchev–Trinajstić information content (AvgIpc) is 3.19. The number of carbonyl (C=O) groups is 2. The first-order valence-corrected chi connectivity index (χ1v) is 11.2. The van der Waals surface area contributed by atoms with Crippen LogP contribution in [0.5, 0.6) is 0 Å². The van der Waals surface area contributed by atoms with Gasteiger partial charge in [-0.15, -0.1) is 10.2 Å². The number of likely N-dealkylation sites (tertiary alicyclic amines) is 1. The standard InChI is InChI=1S/C23H21FN4O2S/c24-16-10-8-15(9-11-16)21-26-27-23(31-21)25-20(29)19-7-4-12-28(19)22(30)18-13-17(18)14-5-2-1-3-6-14/h1-3,5-6,8-11,17-19H,4,7,12-13H2,(H,25,27,29).